The molecule has 6 heteroatoms. The minimum absolute atomic E-state index is 0.00796. The van der Waals surface area contributed by atoms with Gasteiger partial charge in [-0.2, -0.15) is 0 Å². The maximum atomic E-state index is 12.8. The average molecular weight is 304 g/mol. The number of carbonyl (C=O) groups is 2. The van der Waals surface area contributed by atoms with Crippen molar-refractivity contribution in [1.29, 1.82) is 0 Å². The van der Waals surface area contributed by atoms with Crippen molar-refractivity contribution in [2.75, 3.05) is 0 Å². The summed E-state index contributed by atoms with van der Waals surface area (Å²) in [6.45, 7) is 0. The van der Waals surface area contributed by atoms with Crippen LogP contribution in [0.4, 0.5) is 0 Å². The van der Waals surface area contributed by atoms with Crippen LogP contribution in [0.25, 0.3) is 0 Å². The molecule has 2 heterocycles. The Balaban J connectivity index is 1.95. The Hall–Kier alpha value is -2.11. The first-order valence-electron chi connectivity index (χ1n) is 7.71. The van der Waals surface area contributed by atoms with Gasteiger partial charge in [-0.1, -0.05) is 12.8 Å². The highest BCUT2D eigenvalue weighted by atomic mass is 16.4. The molecule has 3 rings (SSSR count). The number of aryl methyl sites for hydroxylation is 1. The summed E-state index contributed by atoms with van der Waals surface area (Å²) in [4.78, 5) is 37.6. The predicted octanol–water partition coefficient (Wildman–Crippen LogP) is 1.24. The van der Waals surface area contributed by atoms with Gasteiger partial charge in [-0.15, -0.1) is 0 Å². The second kappa shape index (κ2) is 5.59. The Labute approximate surface area is 128 Å². The van der Waals surface area contributed by atoms with Crippen LogP contribution in [0.2, 0.25) is 0 Å². The van der Waals surface area contributed by atoms with Gasteiger partial charge in [0.15, 0.2) is 0 Å². The van der Waals surface area contributed by atoms with Gasteiger partial charge in [-0.05, 0) is 31.2 Å². The fourth-order valence-corrected chi connectivity index (χ4v) is 3.80. The third-order valence-electron chi connectivity index (χ3n) is 4.96. The molecule has 3 atom stereocenters. The van der Waals surface area contributed by atoms with E-state index in [9.17, 15) is 19.5 Å². The summed E-state index contributed by atoms with van der Waals surface area (Å²) in [6.07, 6.45) is 6.02. The summed E-state index contributed by atoms with van der Waals surface area (Å²) in [5.41, 5.74) is 0.0117. The van der Waals surface area contributed by atoms with Gasteiger partial charge in [0.25, 0.3) is 11.5 Å². The molecule has 1 saturated carbocycles. The largest absolute Gasteiger partial charge is 0.480 e. The lowest BCUT2D eigenvalue weighted by atomic mass is 9.84. The number of aromatic nitrogens is 1. The van der Waals surface area contributed by atoms with Crippen LogP contribution in [0.1, 0.15) is 42.5 Å². The first kappa shape index (κ1) is 14.8. The van der Waals surface area contributed by atoms with E-state index in [1.807, 2.05) is 0 Å². The normalized spacial score (nSPS) is 27.5. The Kier molecular flexibility index (Phi) is 3.76. The molecule has 0 radical (unpaired) electrons. The second-order valence-electron chi connectivity index (χ2n) is 6.28. The van der Waals surface area contributed by atoms with E-state index < -0.39 is 12.0 Å². The van der Waals surface area contributed by atoms with Gasteiger partial charge in [0.2, 0.25) is 0 Å². The minimum atomic E-state index is -0.952. The van der Waals surface area contributed by atoms with E-state index >= 15 is 0 Å². The van der Waals surface area contributed by atoms with Gasteiger partial charge in [0.1, 0.15) is 6.04 Å². The van der Waals surface area contributed by atoms with Crippen LogP contribution in [0.3, 0.4) is 0 Å². The van der Waals surface area contributed by atoms with Crippen LogP contribution < -0.4 is 5.56 Å². The maximum Gasteiger partial charge on any atom is 0.326 e. The van der Waals surface area contributed by atoms with Gasteiger partial charge in [0, 0.05) is 30.9 Å². The van der Waals surface area contributed by atoms with Gasteiger partial charge >= 0.3 is 5.97 Å². The van der Waals surface area contributed by atoms with Gasteiger partial charge in [-0.25, -0.2) is 4.79 Å². The van der Waals surface area contributed by atoms with E-state index in [2.05, 4.69) is 0 Å². The zero-order chi connectivity index (χ0) is 15.9. The molecule has 2 fully saturated rings. The number of amides is 1. The molecule has 1 amide bonds. The molecule has 1 aromatic heterocycles. The number of carboxylic acid groups (broad SMARTS) is 1. The topological polar surface area (TPSA) is 79.6 Å². The molecule has 1 aromatic rings. The fraction of sp³-hybridized carbons (Fsp3) is 0.562. The van der Waals surface area contributed by atoms with Crippen molar-refractivity contribution in [3.05, 3.63) is 34.2 Å². The predicted molar refractivity (Wildman–Crippen MR) is 79.6 cm³/mol. The molecule has 0 unspecified atom stereocenters. The van der Waals surface area contributed by atoms with Crippen LogP contribution in [-0.2, 0) is 11.8 Å². The van der Waals surface area contributed by atoms with Crippen molar-refractivity contribution in [2.24, 2.45) is 13.0 Å². The third kappa shape index (κ3) is 2.42. The van der Waals surface area contributed by atoms with Crippen molar-refractivity contribution in [1.82, 2.24) is 9.47 Å². The Bertz CT molecular complexity index is 666. The zero-order valence-electron chi connectivity index (χ0n) is 12.6. The van der Waals surface area contributed by atoms with Gasteiger partial charge in [0.05, 0.1) is 0 Å². The van der Waals surface area contributed by atoms with Crippen LogP contribution >= 0.6 is 0 Å². The summed E-state index contributed by atoms with van der Waals surface area (Å²) >= 11 is 0. The van der Waals surface area contributed by atoms with E-state index in [4.69, 9.17) is 0 Å². The van der Waals surface area contributed by atoms with E-state index in [0.29, 0.717) is 6.42 Å². The van der Waals surface area contributed by atoms with E-state index in [-0.39, 0.29) is 29.0 Å². The number of likely N-dealkylation sites (tertiary alicyclic amines) is 1. The number of rotatable bonds is 2. The highest BCUT2D eigenvalue weighted by molar-refractivity contribution is 5.97. The van der Waals surface area contributed by atoms with E-state index in [0.717, 1.165) is 25.7 Å². The molecule has 2 aliphatic rings. The number of hydrogen-bond donors (Lipinski definition) is 1. The van der Waals surface area contributed by atoms with Crippen molar-refractivity contribution >= 4 is 11.9 Å². The molecule has 0 spiro atoms. The van der Waals surface area contributed by atoms with Crippen LogP contribution in [0, 0.1) is 5.92 Å². The first-order valence-corrected chi connectivity index (χ1v) is 7.71. The fourth-order valence-electron chi connectivity index (χ4n) is 3.80. The standard InChI is InChI=1S/C16H20N2O4/c1-17-7-6-11(9-14(17)19)15(20)18-12-5-3-2-4-10(12)8-13(18)16(21)22/h6-7,9-10,12-13H,2-5,8H2,1H3,(H,21,22)/t10-,12-,13+/m1/s1. The van der Waals surface area contributed by atoms with Crippen molar-refractivity contribution < 1.29 is 14.7 Å². The summed E-state index contributed by atoms with van der Waals surface area (Å²) in [5, 5.41) is 9.47. The monoisotopic (exact) mass is 304 g/mol. The highest BCUT2D eigenvalue weighted by Gasteiger charge is 2.47. The van der Waals surface area contributed by atoms with Crippen molar-refractivity contribution in [2.45, 2.75) is 44.2 Å². The summed E-state index contributed by atoms with van der Waals surface area (Å²) in [6, 6.07) is 2.09. The zero-order valence-corrected chi connectivity index (χ0v) is 12.6. The smallest absolute Gasteiger partial charge is 0.326 e. The number of fused-ring (bicyclic) bond motifs is 1. The highest BCUT2D eigenvalue weighted by Crippen LogP contribution is 2.40. The molecular formula is C16H20N2O4. The summed E-state index contributed by atoms with van der Waals surface area (Å²) < 4.78 is 1.39. The molecular weight excluding hydrogens is 284 g/mol. The van der Waals surface area contributed by atoms with Crippen LogP contribution in [0.15, 0.2) is 23.1 Å². The summed E-state index contributed by atoms with van der Waals surface area (Å²) in [5.74, 6) is -1.02. The number of aliphatic carboxylic acids is 1. The Morgan fingerprint density at radius 1 is 1.27 bits per heavy atom. The molecule has 1 aliphatic heterocycles. The summed E-state index contributed by atoms with van der Waals surface area (Å²) in [7, 11) is 1.61. The minimum Gasteiger partial charge on any atom is -0.480 e. The maximum absolute atomic E-state index is 12.8. The Morgan fingerprint density at radius 2 is 2.00 bits per heavy atom. The number of nitrogens with zero attached hydrogens (tertiary/aromatic N) is 2. The lowest BCUT2D eigenvalue weighted by Crippen LogP contribution is -2.46. The molecule has 1 aliphatic carbocycles. The molecule has 0 aromatic carbocycles. The van der Waals surface area contributed by atoms with Crippen LogP contribution in [-0.4, -0.2) is 38.5 Å². The lowest BCUT2D eigenvalue weighted by Gasteiger charge is -2.33. The quantitative estimate of drug-likeness (QED) is 0.891. The van der Waals surface area contributed by atoms with E-state index in [1.54, 1.807) is 19.3 Å². The molecule has 118 valence electrons. The second-order valence-corrected chi connectivity index (χ2v) is 6.28. The SMILES string of the molecule is Cn1ccc(C(=O)N2[C@@H]3CCCC[C@@H]3C[C@H]2C(=O)O)cc1=O. The number of carboxylic acids is 1. The third-order valence-corrected chi connectivity index (χ3v) is 4.96. The number of hydrogen-bond acceptors (Lipinski definition) is 3. The average Bonchev–Trinajstić information content (AvgIpc) is 2.89. The molecule has 1 N–H and O–H groups in total. The van der Waals surface area contributed by atoms with Crippen LogP contribution in [0.5, 0.6) is 0 Å². The first-order chi connectivity index (χ1) is 10.5. The van der Waals surface area contributed by atoms with Crippen molar-refractivity contribution in [3.63, 3.8) is 0 Å². The number of pyridine rings is 1. The molecule has 0 bridgehead atoms. The molecule has 22 heavy (non-hydrogen) atoms. The number of carbonyl (C=O) groups excluding carboxylic acids is 1. The lowest BCUT2D eigenvalue weighted by molar-refractivity contribution is -0.141. The molecule has 6 nitrogen and oxygen atoms in total. The van der Waals surface area contributed by atoms with Gasteiger partial charge in [-0.3, -0.25) is 9.59 Å². The van der Waals surface area contributed by atoms with E-state index in [1.165, 1.54) is 15.5 Å². The van der Waals surface area contributed by atoms with Gasteiger partial charge < -0.3 is 14.6 Å². The van der Waals surface area contributed by atoms with Crippen molar-refractivity contribution in [3.8, 4) is 0 Å². The molecule has 1 saturated heterocycles. The Morgan fingerprint density at radius 3 is 2.68 bits per heavy atom.